The number of methoxy groups -OCH3 is 1. The Bertz CT molecular complexity index is 240. The summed E-state index contributed by atoms with van der Waals surface area (Å²) in [4.78, 5) is 7.99. The van der Waals surface area contributed by atoms with Gasteiger partial charge in [0.15, 0.2) is 0 Å². The van der Waals surface area contributed by atoms with Gasteiger partial charge in [0.25, 0.3) is 0 Å². The van der Waals surface area contributed by atoms with Crippen molar-refractivity contribution < 1.29 is 9.26 Å². The quantitative estimate of drug-likeness (QED) is 0.529. The average molecular weight is 200 g/mol. The van der Waals surface area contributed by atoms with Crippen LogP contribution in [0, 0.1) is 0 Å². The second kappa shape index (κ2) is 5.84. The maximum absolute atomic E-state index is 4.86. The van der Waals surface area contributed by atoms with Gasteiger partial charge in [-0.2, -0.15) is 0 Å². The van der Waals surface area contributed by atoms with Crippen LogP contribution in [0.1, 0.15) is 12.0 Å². The molecule has 0 aliphatic heterocycles. The molecule has 4 nitrogen and oxygen atoms in total. The second-order valence-corrected chi connectivity index (χ2v) is 2.89. The molecule has 1 aromatic rings. The first-order chi connectivity index (χ1) is 6.36. The van der Waals surface area contributed by atoms with E-state index in [0.29, 0.717) is 6.01 Å². The third kappa shape index (κ3) is 3.66. The van der Waals surface area contributed by atoms with Gasteiger partial charge in [-0.15, -0.1) is 0 Å². The first kappa shape index (κ1) is 10.4. The molecule has 1 atom stereocenters. The fourth-order valence-electron chi connectivity index (χ4n) is 0.937. The van der Waals surface area contributed by atoms with Crippen molar-refractivity contribution in [2.45, 2.75) is 12.8 Å². The summed E-state index contributed by atoms with van der Waals surface area (Å²) in [6, 6.07) is 0.408. The summed E-state index contributed by atoms with van der Waals surface area (Å²) >= 11 is 0. The summed E-state index contributed by atoms with van der Waals surface area (Å²) in [5, 5.41) is 0. The summed E-state index contributed by atoms with van der Waals surface area (Å²) < 4.78 is 9.70. The minimum atomic E-state index is 0.408. The highest BCUT2D eigenvalue weighted by molar-refractivity contribution is 7.09. The van der Waals surface area contributed by atoms with E-state index in [4.69, 9.17) is 9.26 Å². The lowest BCUT2D eigenvalue weighted by Crippen LogP contribution is -1.95. The molecule has 72 valence electrons. The Hall–Kier alpha value is -0.730. The predicted octanol–water partition coefficient (Wildman–Crippen LogP) is 1.22. The van der Waals surface area contributed by atoms with Crippen molar-refractivity contribution in [3.05, 3.63) is 18.0 Å². The van der Waals surface area contributed by atoms with Gasteiger partial charge in [-0.05, 0) is 18.4 Å². The van der Waals surface area contributed by atoms with E-state index in [1.54, 1.807) is 19.5 Å². The molecule has 1 unspecified atom stereocenters. The van der Waals surface area contributed by atoms with E-state index in [1.807, 2.05) is 0 Å². The van der Waals surface area contributed by atoms with Crippen molar-refractivity contribution in [2.24, 2.45) is 0 Å². The Morgan fingerprint density at radius 1 is 1.38 bits per heavy atom. The molecule has 1 aromatic heterocycles. The van der Waals surface area contributed by atoms with Crippen molar-refractivity contribution >= 4 is 9.47 Å². The fourth-order valence-corrected chi connectivity index (χ4v) is 1.10. The number of ether oxygens (including phenoxy) is 1. The maximum Gasteiger partial charge on any atom is 0.316 e. The van der Waals surface area contributed by atoms with Crippen LogP contribution >= 0.6 is 9.47 Å². The van der Waals surface area contributed by atoms with Gasteiger partial charge in [0.2, 0.25) is 0 Å². The molecule has 13 heavy (non-hydrogen) atoms. The van der Waals surface area contributed by atoms with Gasteiger partial charge in [0.1, 0.15) is 0 Å². The van der Waals surface area contributed by atoms with Gasteiger partial charge in [-0.25, -0.2) is 9.97 Å². The molecule has 0 amide bonds. The highest BCUT2D eigenvalue weighted by Gasteiger charge is 1.96. The van der Waals surface area contributed by atoms with Gasteiger partial charge < -0.3 is 9.26 Å². The molecule has 0 radical (unpaired) electrons. The van der Waals surface area contributed by atoms with Crippen LogP contribution < -0.4 is 4.74 Å². The summed E-state index contributed by atoms with van der Waals surface area (Å²) in [6.45, 7) is 0.733. The zero-order chi connectivity index (χ0) is 9.52. The SMILES string of the molecule is COc1ncc(CCCOP)cn1. The zero-order valence-corrected chi connectivity index (χ0v) is 8.72. The normalized spacial score (nSPS) is 10.0. The molecular weight excluding hydrogens is 187 g/mol. The summed E-state index contributed by atoms with van der Waals surface area (Å²) in [6.07, 6.45) is 5.45. The van der Waals surface area contributed by atoms with E-state index >= 15 is 0 Å². The first-order valence-electron chi connectivity index (χ1n) is 4.03. The minimum absolute atomic E-state index is 0.408. The van der Waals surface area contributed by atoms with Crippen molar-refractivity contribution in [1.82, 2.24) is 9.97 Å². The number of hydrogen-bond acceptors (Lipinski definition) is 4. The highest BCUT2D eigenvalue weighted by Crippen LogP contribution is 2.04. The Labute approximate surface area is 80.0 Å². The van der Waals surface area contributed by atoms with Crippen molar-refractivity contribution in [1.29, 1.82) is 0 Å². The third-order valence-electron chi connectivity index (χ3n) is 1.59. The van der Waals surface area contributed by atoms with Gasteiger partial charge in [-0.1, -0.05) is 0 Å². The van der Waals surface area contributed by atoms with Crippen LogP contribution in [0.5, 0.6) is 6.01 Å². The molecular formula is C8H13N2O2P. The van der Waals surface area contributed by atoms with Crippen LogP contribution in [0.3, 0.4) is 0 Å². The zero-order valence-electron chi connectivity index (χ0n) is 7.56. The van der Waals surface area contributed by atoms with E-state index < -0.39 is 0 Å². The van der Waals surface area contributed by atoms with E-state index in [1.165, 1.54) is 0 Å². The lowest BCUT2D eigenvalue weighted by molar-refractivity contribution is 0.361. The average Bonchev–Trinajstić information content (AvgIpc) is 2.19. The molecule has 0 spiro atoms. The van der Waals surface area contributed by atoms with Gasteiger partial charge in [-0.3, -0.25) is 0 Å². The molecule has 0 aliphatic rings. The lowest BCUT2D eigenvalue weighted by Gasteiger charge is -2.00. The van der Waals surface area contributed by atoms with Gasteiger partial charge in [0, 0.05) is 21.9 Å². The van der Waals surface area contributed by atoms with Crippen LogP contribution in [-0.4, -0.2) is 23.7 Å². The monoisotopic (exact) mass is 200 g/mol. The van der Waals surface area contributed by atoms with Crippen LogP contribution in [-0.2, 0) is 10.9 Å². The van der Waals surface area contributed by atoms with E-state index in [2.05, 4.69) is 19.4 Å². The molecule has 0 saturated carbocycles. The Morgan fingerprint density at radius 3 is 2.62 bits per heavy atom. The highest BCUT2D eigenvalue weighted by atomic mass is 31.0. The Kier molecular flexibility index (Phi) is 4.65. The Morgan fingerprint density at radius 2 is 2.08 bits per heavy atom. The topological polar surface area (TPSA) is 44.2 Å². The number of nitrogens with zero attached hydrogens (tertiary/aromatic N) is 2. The molecule has 1 heterocycles. The smallest absolute Gasteiger partial charge is 0.316 e. The summed E-state index contributed by atoms with van der Waals surface area (Å²) in [7, 11) is 3.78. The number of aryl methyl sites for hydroxylation is 1. The van der Waals surface area contributed by atoms with Gasteiger partial charge in [0.05, 0.1) is 13.7 Å². The van der Waals surface area contributed by atoms with Crippen LogP contribution in [0.2, 0.25) is 0 Å². The Balaban J connectivity index is 2.40. The van der Waals surface area contributed by atoms with Crippen LogP contribution in [0.15, 0.2) is 12.4 Å². The molecule has 0 bridgehead atoms. The summed E-state index contributed by atoms with van der Waals surface area (Å²) in [5.41, 5.74) is 1.10. The minimum Gasteiger partial charge on any atom is -0.467 e. The molecule has 1 rings (SSSR count). The number of aromatic nitrogens is 2. The molecule has 0 aromatic carbocycles. The number of rotatable bonds is 5. The molecule has 0 saturated heterocycles. The second-order valence-electron chi connectivity index (χ2n) is 2.55. The number of hydrogen-bond donors (Lipinski definition) is 0. The maximum atomic E-state index is 4.86. The van der Waals surface area contributed by atoms with Crippen molar-refractivity contribution in [2.75, 3.05) is 13.7 Å². The largest absolute Gasteiger partial charge is 0.467 e. The van der Waals surface area contributed by atoms with Crippen LogP contribution in [0.4, 0.5) is 0 Å². The molecule has 5 heteroatoms. The van der Waals surface area contributed by atoms with Gasteiger partial charge >= 0.3 is 6.01 Å². The first-order valence-corrected chi connectivity index (χ1v) is 4.50. The molecule has 0 N–H and O–H groups in total. The standard InChI is InChI=1S/C8H13N2O2P/c1-11-8-9-5-7(6-10-8)3-2-4-12-13/h5-6H,2-4,13H2,1H3. The third-order valence-corrected chi connectivity index (χ3v) is 1.83. The molecule has 0 aliphatic carbocycles. The molecule has 0 fully saturated rings. The summed E-state index contributed by atoms with van der Waals surface area (Å²) in [5.74, 6) is 0. The van der Waals surface area contributed by atoms with E-state index in [-0.39, 0.29) is 0 Å². The van der Waals surface area contributed by atoms with Crippen molar-refractivity contribution in [3.8, 4) is 6.01 Å². The van der Waals surface area contributed by atoms with E-state index in [9.17, 15) is 0 Å². The lowest BCUT2D eigenvalue weighted by atomic mass is 10.2. The van der Waals surface area contributed by atoms with Crippen LogP contribution in [0.25, 0.3) is 0 Å². The predicted molar refractivity (Wildman–Crippen MR) is 52.6 cm³/mol. The van der Waals surface area contributed by atoms with Crippen molar-refractivity contribution in [3.63, 3.8) is 0 Å². The fraction of sp³-hybridized carbons (Fsp3) is 0.500. The van der Waals surface area contributed by atoms with E-state index in [0.717, 1.165) is 25.0 Å².